The molecule has 2 N–H and O–H groups in total. The fraction of sp³-hybridized carbons (Fsp3) is 0.154. The number of nitrogens with one attached hydrogen (secondary N) is 1. The van der Waals surface area contributed by atoms with Crippen molar-refractivity contribution >= 4 is 23.3 Å². The van der Waals surface area contributed by atoms with E-state index in [1.54, 1.807) is 12.3 Å². The molecule has 0 aliphatic heterocycles. The van der Waals surface area contributed by atoms with Crippen LogP contribution < -0.4 is 5.32 Å². The number of carbonyl (C=O) groups excluding carboxylic acids is 1. The van der Waals surface area contributed by atoms with E-state index in [2.05, 4.69) is 10.3 Å². The van der Waals surface area contributed by atoms with Gasteiger partial charge in [0.2, 0.25) is 6.41 Å². The second-order valence-corrected chi connectivity index (χ2v) is 3.86. The van der Waals surface area contributed by atoms with Gasteiger partial charge >= 0.3 is 5.97 Å². The number of benzene rings is 1. The first-order chi connectivity index (χ1) is 8.72. The highest BCUT2D eigenvalue weighted by Crippen LogP contribution is 2.24. The highest BCUT2D eigenvalue weighted by Gasteiger charge is 2.17. The minimum absolute atomic E-state index is 0.172. The molecule has 18 heavy (non-hydrogen) atoms. The number of amides is 1. The molecule has 1 amide bonds. The fourth-order valence-corrected chi connectivity index (χ4v) is 1.92. The van der Waals surface area contributed by atoms with Crippen LogP contribution in [-0.2, 0) is 9.59 Å². The third-order valence-electron chi connectivity index (χ3n) is 2.69. The molecule has 5 heteroatoms. The topological polar surface area (TPSA) is 79.3 Å². The van der Waals surface area contributed by atoms with Gasteiger partial charge in [-0.15, -0.1) is 0 Å². The quantitative estimate of drug-likeness (QED) is 0.781. The molecule has 1 heterocycles. The van der Waals surface area contributed by atoms with Crippen LogP contribution in [0.4, 0.5) is 0 Å². The van der Waals surface area contributed by atoms with Gasteiger partial charge in [-0.3, -0.25) is 14.6 Å². The molecule has 0 radical (unpaired) electrons. The van der Waals surface area contributed by atoms with Crippen molar-refractivity contribution in [3.8, 4) is 0 Å². The van der Waals surface area contributed by atoms with Gasteiger partial charge in [0, 0.05) is 17.1 Å². The molecule has 2 rings (SSSR count). The summed E-state index contributed by atoms with van der Waals surface area (Å²) in [6.45, 7) is 0. The molecule has 0 aliphatic rings. The van der Waals surface area contributed by atoms with Crippen molar-refractivity contribution in [1.82, 2.24) is 10.3 Å². The number of rotatable bonds is 5. The van der Waals surface area contributed by atoms with Crippen molar-refractivity contribution < 1.29 is 14.7 Å². The number of pyridine rings is 1. The number of fused-ring (bicyclic) bond motifs is 1. The summed E-state index contributed by atoms with van der Waals surface area (Å²) >= 11 is 0. The maximum absolute atomic E-state index is 10.8. The molecule has 1 unspecified atom stereocenters. The minimum atomic E-state index is -0.970. The van der Waals surface area contributed by atoms with Gasteiger partial charge in [-0.1, -0.05) is 24.3 Å². The lowest BCUT2D eigenvalue weighted by atomic mass is 10.0. The molecular weight excluding hydrogens is 232 g/mol. The Morgan fingerprint density at radius 3 is 2.89 bits per heavy atom. The average Bonchev–Trinajstić information content (AvgIpc) is 2.37. The zero-order valence-corrected chi connectivity index (χ0v) is 9.54. The Balaban J connectivity index is 2.49. The van der Waals surface area contributed by atoms with E-state index in [0.29, 0.717) is 17.5 Å². The second-order valence-electron chi connectivity index (χ2n) is 3.86. The monoisotopic (exact) mass is 244 g/mol. The first kappa shape index (κ1) is 12.0. The van der Waals surface area contributed by atoms with Crippen molar-refractivity contribution in [2.45, 2.75) is 12.5 Å². The molecule has 0 aliphatic carbocycles. The van der Waals surface area contributed by atoms with Gasteiger partial charge in [0.1, 0.15) is 0 Å². The minimum Gasteiger partial charge on any atom is -0.481 e. The normalized spacial score (nSPS) is 12.0. The summed E-state index contributed by atoms with van der Waals surface area (Å²) in [5, 5.41) is 12.3. The van der Waals surface area contributed by atoms with E-state index >= 15 is 0 Å². The number of para-hydroxylation sites is 1. The van der Waals surface area contributed by atoms with Crippen LogP contribution in [0.15, 0.2) is 36.5 Å². The lowest BCUT2D eigenvalue weighted by Crippen LogP contribution is -2.22. The van der Waals surface area contributed by atoms with Gasteiger partial charge in [-0.2, -0.15) is 0 Å². The summed E-state index contributed by atoms with van der Waals surface area (Å²) in [4.78, 5) is 25.6. The summed E-state index contributed by atoms with van der Waals surface area (Å²) in [6.07, 6.45) is 1.98. The standard InChI is InChI=1S/C13H12N2O3/c16-8-15-11(7-12(17)18)10-5-1-3-9-4-2-6-14-13(9)10/h1-6,8,11H,7H2,(H,15,16)(H,17,18). The van der Waals surface area contributed by atoms with E-state index in [0.717, 1.165) is 5.39 Å². The second kappa shape index (κ2) is 5.27. The number of nitrogens with zero attached hydrogens (tertiary/aromatic N) is 1. The van der Waals surface area contributed by atoms with Crippen molar-refractivity contribution in [3.05, 3.63) is 42.1 Å². The lowest BCUT2D eigenvalue weighted by molar-refractivity contribution is -0.137. The summed E-state index contributed by atoms with van der Waals surface area (Å²) in [5.74, 6) is -0.970. The summed E-state index contributed by atoms with van der Waals surface area (Å²) in [6, 6.07) is 8.62. The highest BCUT2D eigenvalue weighted by molar-refractivity contribution is 5.83. The van der Waals surface area contributed by atoms with E-state index in [1.165, 1.54) is 0 Å². The van der Waals surface area contributed by atoms with E-state index in [1.807, 2.05) is 24.3 Å². The van der Waals surface area contributed by atoms with Crippen LogP contribution >= 0.6 is 0 Å². The van der Waals surface area contributed by atoms with Gasteiger partial charge in [-0.05, 0) is 6.07 Å². The van der Waals surface area contributed by atoms with Crippen molar-refractivity contribution in [2.75, 3.05) is 0 Å². The van der Waals surface area contributed by atoms with Gasteiger partial charge in [-0.25, -0.2) is 0 Å². The molecule has 0 fully saturated rings. The number of aliphatic carboxylic acids is 1. The molecule has 1 atom stereocenters. The molecule has 1 aromatic heterocycles. The maximum Gasteiger partial charge on any atom is 0.305 e. The zero-order valence-electron chi connectivity index (χ0n) is 9.54. The van der Waals surface area contributed by atoms with Gasteiger partial charge in [0.05, 0.1) is 18.0 Å². The molecule has 0 saturated heterocycles. The SMILES string of the molecule is O=CNC(CC(=O)O)c1cccc2cccnc12. The maximum atomic E-state index is 10.8. The largest absolute Gasteiger partial charge is 0.481 e. The zero-order chi connectivity index (χ0) is 13.0. The smallest absolute Gasteiger partial charge is 0.305 e. The predicted octanol–water partition coefficient (Wildman–Crippen LogP) is 1.50. The molecule has 92 valence electrons. The first-order valence-corrected chi connectivity index (χ1v) is 5.47. The number of hydrogen-bond acceptors (Lipinski definition) is 3. The van der Waals surface area contributed by atoms with E-state index in [9.17, 15) is 9.59 Å². The van der Waals surface area contributed by atoms with Crippen LogP contribution in [0, 0.1) is 0 Å². The Labute approximate surface area is 103 Å². The highest BCUT2D eigenvalue weighted by atomic mass is 16.4. The van der Waals surface area contributed by atoms with Gasteiger partial charge in [0.25, 0.3) is 0 Å². The van der Waals surface area contributed by atoms with E-state index in [-0.39, 0.29) is 6.42 Å². The van der Waals surface area contributed by atoms with Crippen molar-refractivity contribution in [2.24, 2.45) is 0 Å². The Morgan fingerprint density at radius 1 is 1.39 bits per heavy atom. The van der Waals surface area contributed by atoms with Crippen LogP contribution in [0.1, 0.15) is 18.0 Å². The number of carbonyl (C=O) groups is 2. The van der Waals surface area contributed by atoms with Crippen molar-refractivity contribution in [1.29, 1.82) is 0 Å². The number of carboxylic acid groups (broad SMARTS) is 1. The molecule has 0 spiro atoms. The van der Waals surface area contributed by atoms with Crippen LogP contribution in [0.5, 0.6) is 0 Å². The van der Waals surface area contributed by atoms with Crippen LogP contribution in [-0.4, -0.2) is 22.5 Å². The van der Waals surface area contributed by atoms with Gasteiger partial charge < -0.3 is 10.4 Å². The van der Waals surface area contributed by atoms with E-state index in [4.69, 9.17) is 5.11 Å². The third-order valence-corrected chi connectivity index (χ3v) is 2.69. The summed E-state index contributed by atoms with van der Waals surface area (Å²) < 4.78 is 0. The van der Waals surface area contributed by atoms with Crippen LogP contribution in [0.3, 0.4) is 0 Å². The van der Waals surface area contributed by atoms with E-state index < -0.39 is 12.0 Å². The third kappa shape index (κ3) is 2.45. The fourth-order valence-electron chi connectivity index (χ4n) is 1.92. The summed E-state index contributed by atoms with van der Waals surface area (Å²) in [7, 11) is 0. The Hall–Kier alpha value is -2.43. The number of carboxylic acids is 1. The number of aromatic nitrogens is 1. The molecular formula is C13H12N2O3. The molecule has 0 saturated carbocycles. The molecule has 0 bridgehead atoms. The first-order valence-electron chi connectivity index (χ1n) is 5.47. The predicted molar refractivity (Wildman–Crippen MR) is 65.9 cm³/mol. The van der Waals surface area contributed by atoms with Crippen LogP contribution in [0.25, 0.3) is 10.9 Å². The van der Waals surface area contributed by atoms with Crippen molar-refractivity contribution in [3.63, 3.8) is 0 Å². The molecule has 5 nitrogen and oxygen atoms in total. The Kier molecular flexibility index (Phi) is 3.52. The average molecular weight is 244 g/mol. The van der Waals surface area contributed by atoms with Crippen LogP contribution in [0.2, 0.25) is 0 Å². The molecule has 2 aromatic rings. The van der Waals surface area contributed by atoms with Gasteiger partial charge in [0.15, 0.2) is 0 Å². The Morgan fingerprint density at radius 2 is 2.17 bits per heavy atom. The molecule has 1 aromatic carbocycles. The Bertz CT molecular complexity index is 578. The lowest BCUT2D eigenvalue weighted by Gasteiger charge is -2.15. The number of hydrogen-bond donors (Lipinski definition) is 2. The summed E-state index contributed by atoms with van der Waals surface area (Å²) in [5.41, 5.74) is 1.42.